The van der Waals surface area contributed by atoms with Crippen molar-refractivity contribution in [2.45, 2.75) is 19.9 Å². The molecule has 0 rings (SSSR count). The van der Waals surface area contributed by atoms with Crippen molar-refractivity contribution in [3.63, 3.8) is 0 Å². The van der Waals surface area contributed by atoms with E-state index < -0.39 is 9.28 Å². The summed E-state index contributed by atoms with van der Waals surface area (Å²) in [6.07, 6.45) is 0. The van der Waals surface area contributed by atoms with Gasteiger partial charge in [-0.25, -0.2) is 0 Å². The lowest BCUT2D eigenvalue weighted by Gasteiger charge is -2.05. The van der Waals surface area contributed by atoms with Gasteiger partial charge in [-0.2, -0.15) is 0 Å². The van der Waals surface area contributed by atoms with E-state index in [0.29, 0.717) is 6.61 Å². The topological polar surface area (TPSA) is 29.5 Å². The second-order valence-electron chi connectivity index (χ2n) is 2.13. The molecule has 0 aromatic heterocycles. The summed E-state index contributed by atoms with van der Waals surface area (Å²) in [5.74, 6) is 0. The molecule has 0 fully saturated rings. The second kappa shape index (κ2) is 4.73. The molecule has 0 aliphatic carbocycles. The number of hydrogen-bond acceptors (Lipinski definition) is 2. The molecule has 0 aromatic rings. The van der Waals surface area contributed by atoms with Crippen LogP contribution in [0.25, 0.3) is 0 Å². The van der Waals surface area contributed by atoms with E-state index in [1.54, 1.807) is 0 Å². The van der Waals surface area contributed by atoms with E-state index in [2.05, 4.69) is 6.58 Å². The summed E-state index contributed by atoms with van der Waals surface area (Å²) in [5.41, 5.74) is 0.968. The molecule has 1 N–H and O–H groups in total. The maximum absolute atomic E-state index is 8.98. The van der Waals surface area contributed by atoms with Gasteiger partial charge in [0.15, 0.2) is 0 Å². The third-order valence-corrected chi connectivity index (χ3v) is 2.12. The standard InChI is InChI=1S/C6H14O2Si/c1-4-9(7)8-5-6(2)3/h7,9H,2,4-5H2,1,3H3. The largest absolute Gasteiger partial charge is 0.413 e. The third kappa shape index (κ3) is 5.75. The average Bonchev–Trinajstić information content (AvgIpc) is 1.83. The normalized spacial score (nSPS) is 13.2. The fraction of sp³-hybridized carbons (Fsp3) is 0.667. The van der Waals surface area contributed by atoms with Crippen LogP contribution in [0, 0.1) is 0 Å². The van der Waals surface area contributed by atoms with Crippen LogP contribution in [0.4, 0.5) is 0 Å². The molecule has 9 heavy (non-hydrogen) atoms. The van der Waals surface area contributed by atoms with Gasteiger partial charge in [0.05, 0.1) is 6.61 Å². The van der Waals surface area contributed by atoms with E-state index in [0.717, 1.165) is 11.6 Å². The Labute approximate surface area is 58.0 Å². The monoisotopic (exact) mass is 146 g/mol. The molecule has 0 heterocycles. The smallest absolute Gasteiger partial charge is 0.318 e. The van der Waals surface area contributed by atoms with E-state index in [1.165, 1.54) is 0 Å². The van der Waals surface area contributed by atoms with Crippen LogP contribution in [0.5, 0.6) is 0 Å². The first-order valence-corrected chi connectivity index (χ1v) is 4.91. The molecular weight excluding hydrogens is 132 g/mol. The predicted octanol–water partition coefficient (Wildman–Crippen LogP) is 0.812. The van der Waals surface area contributed by atoms with Gasteiger partial charge in [0.25, 0.3) is 0 Å². The molecule has 3 heteroatoms. The lowest BCUT2D eigenvalue weighted by atomic mass is 10.4. The van der Waals surface area contributed by atoms with Crippen molar-refractivity contribution < 1.29 is 9.22 Å². The molecule has 0 amide bonds. The Balaban J connectivity index is 3.16. The van der Waals surface area contributed by atoms with E-state index in [1.807, 2.05) is 13.8 Å². The van der Waals surface area contributed by atoms with Gasteiger partial charge in [-0.1, -0.05) is 19.1 Å². The van der Waals surface area contributed by atoms with E-state index in [9.17, 15) is 0 Å². The van der Waals surface area contributed by atoms with E-state index in [-0.39, 0.29) is 0 Å². The van der Waals surface area contributed by atoms with Gasteiger partial charge in [-0.15, -0.1) is 0 Å². The molecular formula is C6H14O2Si. The van der Waals surface area contributed by atoms with Crippen LogP contribution < -0.4 is 0 Å². The number of hydrogen-bond donors (Lipinski definition) is 1. The molecule has 0 bridgehead atoms. The molecule has 2 nitrogen and oxygen atoms in total. The Morgan fingerprint density at radius 1 is 1.78 bits per heavy atom. The van der Waals surface area contributed by atoms with Gasteiger partial charge in [-0.05, 0) is 13.0 Å². The van der Waals surface area contributed by atoms with Gasteiger partial charge in [-0.3, -0.25) is 0 Å². The first-order valence-electron chi connectivity index (χ1n) is 3.11. The Morgan fingerprint density at radius 2 is 2.33 bits per heavy atom. The van der Waals surface area contributed by atoms with Gasteiger partial charge in [0.2, 0.25) is 0 Å². The van der Waals surface area contributed by atoms with Crippen molar-refractivity contribution in [1.82, 2.24) is 0 Å². The van der Waals surface area contributed by atoms with Crippen molar-refractivity contribution in [1.29, 1.82) is 0 Å². The summed E-state index contributed by atoms with van der Waals surface area (Å²) in [4.78, 5) is 8.98. The first kappa shape index (κ1) is 8.88. The molecule has 0 saturated heterocycles. The van der Waals surface area contributed by atoms with Crippen molar-refractivity contribution in [3.05, 3.63) is 12.2 Å². The highest BCUT2D eigenvalue weighted by Gasteiger charge is 2.02. The van der Waals surface area contributed by atoms with Crippen LogP contribution in [-0.2, 0) is 4.43 Å². The van der Waals surface area contributed by atoms with Crippen molar-refractivity contribution in [3.8, 4) is 0 Å². The minimum absolute atomic E-state index is 0.515. The fourth-order valence-electron chi connectivity index (χ4n) is 0.356. The summed E-state index contributed by atoms with van der Waals surface area (Å²) in [6, 6.07) is 0.771. The summed E-state index contributed by atoms with van der Waals surface area (Å²) < 4.78 is 5.05. The zero-order chi connectivity index (χ0) is 7.28. The first-order chi connectivity index (χ1) is 4.16. The minimum Gasteiger partial charge on any atom is -0.413 e. The molecule has 0 aliphatic heterocycles. The zero-order valence-electron chi connectivity index (χ0n) is 6.05. The summed E-state index contributed by atoms with van der Waals surface area (Å²) in [7, 11) is -1.80. The summed E-state index contributed by atoms with van der Waals surface area (Å²) in [6.45, 7) is 7.97. The SMILES string of the molecule is C=C(C)CO[SiH](O)CC. The Hall–Kier alpha value is -0.123. The highest BCUT2D eigenvalue weighted by Crippen LogP contribution is 1.93. The molecule has 0 spiro atoms. The lowest BCUT2D eigenvalue weighted by Crippen LogP contribution is -2.16. The van der Waals surface area contributed by atoms with E-state index >= 15 is 0 Å². The molecule has 1 atom stereocenters. The molecule has 0 aromatic carbocycles. The van der Waals surface area contributed by atoms with Gasteiger partial charge in [0.1, 0.15) is 0 Å². The van der Waals surface area contributed by atoms with Crippen molar-refractivity contribution >= 4 is 9.28 Å². The fourth-order valence-corrected chi connectivity index (χ4v) is 1.07. The Kier molecular flexibility index (Phi) is 4.66. The van der Waals surface area contributed by atoms with Crippen molar-refractivity contribution in [2.24, 2.45) is 0 Å². The molecule has 54 valence electrons. The maximum atomic E-state index is 8.98. The van der Waals surface area contributed by atoms with Crippen LogP contribution in [0.2, 0.25) is 6.04 Å². The quantitative estimate of drug-likeness (QED) is 0.470. The predicted molar refractivity (Wildman–Crippen MR) is 40.6 cm³/mol. The average molecular weight is 146 g/mol. The lowest BCUT2D eigenvalue weighted by molar-refractivity contribution is 0.285. The minimum atomic E-state index is -1.80. The van der Waals surface area contributed by atoms with Crippen LogP contribution >= 0.6 is 0 Å². The van der Waals surface area contributed by atoms with Crippen LogP contribution in [-0.4, -0.2) is 20.7 Å². The Bertz CT molecular complexity index is 93.1. The second-order valence-corrected chi connectivity index (χ2v) is 4.19. The highest BCUT2D eigenvalue weighted by atomic mass is 28.3. The molecule has 0 aliphatic rings. The van der Waals surface area contributed by atoms with Crippen molar-refractivity contribution in [2.75, 3.05) is 6.61 Å². The third-order valence-electron chi connectivity index (χ3n) is 0.871. The highest BCUT2D eigenvalue weighted by molar-refractivity contribution is 6.42. The molecule has 1 unspecified atom stereocenters. The van der Waals surface area contributed by atoms with Crippen LogP contribution in [0.1, 0.15) is 13.8 Å². The number of rotatable bonds is 4. The molecule has 0 radical (unpaired) electrons. The Morgan fingerprint density at radius 3 is 2.67 bits per heavy atom. The van der Waals surface area contributed by atoms with Gasteiger partial charge < -0.3 is 9.22 Å². The summed E-state index contributed by atoms with van der Waals surface area (Å²) >= 11 is 0. The maximum Gasteiger partial charge on any atom is 0.318 e. The van der Waals surface area contributed by atoms with Crippen LogP contribution in [0.15, 0.2) is 12.2 Å². The van der Waals surface area contributed by atoms with Gasteiger partial charge in [0, 0.05) is 0 Å². The van der Waals surface area contributed by atoms with E-state index in [4.69, 9.17) is 9.22 Å². The molecule has 0 saturated carbocycles. The van der Waals surface area contributed by atoms with Gasteiger partial charge >= 0.3 is 9.28 Å². The summed E-state index contributed by atoms with van der Waals surface area (Å²) in [5, 5.41) is 0. The van der Waals surface area contributed by atoms with Crippen LogP contribution in [0.3, 0.4) is 0 Å². The zero-order valence-corrected chi connectivity index (χ0v) is 7.21.